The number of para-hydroxylation sites is 1. The van der Waals surface area contributed by atoms with Crippen LogP contribution in [0.5, 0.6) is 0 Å². The lowest BCUT2D eigenvalue weighted by Crippen LogP contribution is -2.26. The smallest absolute Gasteiger partial charge is 0.475 e. The lowest BCUT2D eigenvalue weighted by Gasteiger charge is -2.15. The summed E-state index contributed by atoms with van der Waals surface area (Å²) < 4.78 is 33.6. The molecule has 2 N–H and O–H groups in total. The van der Waals surface area contributed by atoms with Crippen molar-refractivity contribution in [3.63, 3.8) is 0 Å². The Morgan fingerprint density at radius 3 is 2.43 bits per heavy atom. The zero-order chi connectivity index (χ0) is 17.2. The minimum atomic E-state index is -5.08. The number of rotatable bonds is 0. The lowest BCUT2D eigenvalue weighted by atomic mass is 10.1. The van der Waals surface area contributed by atoms with Gasteiger partial charge in [0, 0.05) is 24.5 Å². The molecule has 124 valence electrons. The number of halogens is 3. The normalized spacial score (nSPS) is 13.9. The molecule has 5 nitrogen and oxygen atoms in total. The SMILES string of the molecule is CC(=O)n1c2c(c3ccccc31)CCNC2.O=C(O)C(F)(F)F. The predicted octanol–water partition coefficient (Wildman–Crippen LogP) is 2.58. The third-order valence-corrected chi connectivity index (χ3v) is 3.49. The highest BCUT2D eigenvalue weighted by Gasteiger charge is 2.38. The minimum absolute atomic E-state index is 0.0983. The molecule has 0 unspecified atom stereocenters. The second-order valence-corrected chi connectivity index (χ2v) is 5.03. The molecule has 1 aliphatic rings. The molecule has 0 spiro atoms. The number of benzene rings is 1. The quantitative estimate of drug-likeness (QED) is 0.780. The summed E-state index contributed by atoms with van der Waals surface area (Å²) in [6, 6.07) is 8.16. The van der Waals surface area contributed by atoms with Crippen molar-refractivity contribution >= 4 is 22.8 Å². The van der Waals surface area contributed by atoms with E-state index in [0.29, 0.717) is 0 Å². The Balaban J connectivity index is 0.000000236. The predicted molar refractivity (Wildman–Crippen MR) is 77.3 cm³/mol. The van der Waals surface area contributed by atoms with E-state index in [-0.39, 0.29) is 5.91 Å². The summed E-state index contributed by atoms with van der Waals surface area (Å²) in [5, 5.41) is 11.7. The van der Waals surface area contributed by atoms with E-state index < -0.39 is 12.1 Å². The van der Waals surface area contributed by atoms with Crippen molar-refractivity contribution in [2.24, 2.45) is 0 Å². The number of carbonyl (C=O) groups excluding carboxylic acids is 1. The molecule has 0 amide bonds. The second-order valence-electron chi connectivity index (χ2n) is 5.03. The summed E-state index contributed by atoms with van der Waals surface area (Å²) in [7, 11) is 0. The third kappa shape index (κ3) is 3.53. The largest absolute Gasteiger partial charge is 0.490 e. The first-order chi connectivity index (χ1) is 10.7. The fraction of sp³-hybridized carbons (Fsp3) is 0.333. The van der Waals surface area contributed by atoms with Crippen LogP contribution in [-0.2, 0) is 17.8 Å². The molecule has 0 radical (unpaired) electrons. The number of carboxylic acid groups (broad SMARTS) is 1. The fourth-order valence-electron chi connectivity index (χ4n) is 2.60. The molecular weight excluding hydrogens is 313 g/mol. The van der Waals surface area contributed by atoms with Crippen molar-refractivity contribution in [1.29, 1.82) is 0 Å². The van der Waals surface area contributed by atoms with Crippen molar-refractivity contribution in [3.8, 4) is 0 Å². The van der Waals surface area contributed by atoms with Gasteiger partial charge in [0.05, 0.1) is 5.52 Å². The number of carbonyl (C=O) groups is 2. The molecule has 0 bridgehead atoms. The van der Waals surface area contributed by atoms with Gasteiger partial charge < -0.3 is 10.4 Å². The van der Waals surface area contributed by atoms with Gasteiger partial charge in [-0.3, -0.25) is 9.36 Å². The number of nitrogens with zero attached hydrogens (tertiary/aromatic N) is 1. The van der Waals surface area contributed by atoms with Crippen molar-refractivity contribution in [3.05, 3.63) is 35.5 Å². The van der Waals surface area contributed by atoms with Gasteiger partial charge in [-0.15, -0.1) is 0 Å². The molecule has 8 heteroatoms. The number of hydrogen-bond donors (Lipinski definition) is 2. The molecule has 2 aromatic rings. The molecule has 0 fully saturated rings. The number of fused-ring (bicyclic) bond motifs is 3. The highest BCUT2D eigenvalue weighted by Crippen LogP contribution is 2.28. The van der Waals surface area contributed by atoms with Gasteiger partial charge in [-0.1, -0.05) is 18.2 Å². The average Bonchev–Trinajstić information content (AvgIpc) is 2.81. The molecule has 23 heavy (non-hydrogen) atoms. The van der Waals surface area contributed by atoms with Crippen LogP contribution in [0.15, 0.2) is 24.3 Å². The number of aromatic nitrogens is 1. The van der Waals surface area contributed by atoms with E-state index >= 15 is 0 Å². The summed E-state index contributed by atoms with van der Waals surface area (Å²) in [5.74, 6) is -2.66. The fourth-order valence-corrected chi connectivity index (χ4v) is 2.60. The average molecular weight is 328 g/mol. The monoisotopic (exact) mass is 328 g/mol. The maximum Gasteiger partial charge on any atom is 0.490 e. The van der Waals surface area contributed by atoms with E-state index in [0.717, 1.165) is 30.7 Å². The van der Waals surface area contributed by atoms with Crippen LogP contribution in [0.4, 0.5) is 13.2 Å². The third-order valence-electron chi connectivity index (χ3n) is 3.49. The van der Waals surface area contributed by atoms with Gasteiger partial charge in [0.2, 0.25) is 5.91 Å². The van der Waals surface area contributed by atoms with Gasteiger partial charge in [0.1, 0.15) is 0 Å². The van der Waals surface area contributed by atoms with Gasteiger partial charge in [-0.2, -0.15) is 13.2 Å². The number of nitrogens with one attached hydrogen (secondary N) is 1. The van der Waals surface area contributed by atoms with Crippen LogP contribution in [0.1, 0.15) is 23.0 Å². The molecule has 1 aliphatic heterocycles. The van der Waals surface area contributed by atoms with Crippen molar-refractivity contribution in [2.45, 2.75) is 26.1 Å². The molecule has 2 heterocycles. The molecule has 0 aliphatic carbocycles. The second kappa shape index (κ2) is 6.41. The maximum absolute atomic E-state index is 11.7. The van der Waals surface area contributed by atoms with E-state index in [1.54, 1.807) is 6.92 Å². The molecule has 1 aromatic carbocycles. The Hall–Kier alpha value is -2.35. The Morgan fingerprint density at radius 2 is 1.87 bits per heavy atom. The molecule has 0 atom stereocenters. The van der Waals surface area contributed by atoms with Gasteiger partial charge in [-0.05, 0) is 24.6 Å². The standard InChI is InChI=1S/C13H14N2O.C2HF3O2/c1-9(16)15-12-5-3-2-4-10(12)11-6-7-14-8-13(11)15;3-2(4,5)1(6)7/h2-5,14H,6-8H2,1H3;(H,6,7). The van der Waals surface area contributed by atoms with Crippen molar-refractivity contribution in [2.75, 3.05) is 6.54 Å². The van der Waals surface area contributed by atoms with Gasteiger partial charge >= 0.3 is 12.1 Å². The summed E-state index contributed by atoms with van der Waals surface area (Å²) in [6.07, 6.45) is -4.07. The van der Waals surface area contributed by atoms with Crippen LogP contribution in [0, 0.1) is 0 Å². The first-order valence-corrected chi connectivity index (χ1v) is 6.86. The Morgan fingerprint density at radius 1 is 1.26 bits per heavy atom. The first kappa shape index (κ1) is 17.0. The number of carboxylic acids is 1. The Labute approximate surface area is 129 Å². The van der Waals surface area contributed by atoms with Gasteiger partial charge in [0.25, 0.3) is 0 Å². The van der Waals surface area contributed by atoms with Crippen LogP contribution in [0.3, 0.4) is 0 Å². The number of aliphatic carboxylic acids is 1. The van der Waals surface area contributed by atoms with Crippen molar-refractivity contribution < 1.29 is 27.9 Å². The Bertz CT molecular complexity index is 750. The number of hydrogen-bond acceptors (Lipinski definition) is 3. The Kier molecular flexibility index (Phi) is 4.74. The summed E-state index contributed by atoms with van der Waals surface area (Å²) >= 11 is 0. The van der Waals surface area contributed by atoms with E-state index in [9.17, 15) is 18.0 Å². The zero-order valence-electron chi connectivity index (χ0n) is 12.3. The minimum Gasteiger partial charge on any atom is -0.475 e. The summed E-state index contributed by atoms with van der Waals surface area (Å²) in [6.45, 7) is 3.42. The van der Waals surface area contributed by atoms with Gasteiger partial charge in [-0.25, -0.2) is 4.79 Å². The molecule has 1 aromatic heterocycles. The van der Waals surface area contributed by atoms with E-state index in [2.05, 4.69) is 11.4 Å². The summed E-state index contributed by atoms with van der Waals surface area (Å²) in [5.41, 5.74) is 3.52. The molecule has 0 saturated heterocycles. The maximum atomic E-state index is 11.7. The molecular formula is C15H15F3N2O3. The van der Waals surface area contributed by atoms with Crippen LogP contribution >= 0.6 is 0 Å². The van der Waals surface area contributed by atoms with Crippen LogP contribution in [-0.4, -0.2) is 34.3 Å². The van der Waals surface area contributed by atoms with Gasteiger partial charge in [0.15, 0.2) is 0 Å². The molecule has 0 saturated carbocycles. The van der Waals surface area contributed by atoms with E-state index in [4.69, 9.17) is 9.90 Å². The lowest BCUT2D eigenvalue weighted by molar-refractivity contribution is -0.192. The van der Waals surface area contributed by atoms with E-state index in [1.165, 1.54) is 10.9 Å². The van der Waals surface area contributed by atoms with Crippen LogP contribution < -0.4 is 5.32 Å². The first-order valence-electron chi connectivity index (χ1n) is 6.86. The van der Waals surface area contributed by atoms with Crippen LogP contribution in [0.25, 0.3) is 10.9 Å². The zero-order valence-corrected chi connectivity index (χ0v) is 12.3. The highest BCUT2D eigenvalue weighted by atomic mass is 19.4. The topological polar surface area (TPSA) is 71.3 Å². The van der Waals surface area contributed by atoms with Crippen LogP contribution in [0.2, 0.25) is 0 Å². The number of alkyl halides is 3. The summed E-state index contributed by atoms with van der Waals surface area (Å²) in [4.78, 5) is 20.6. The molecule has 3 rings (SSSR count). The van der Waals surface area contributed by atoms with Crippen molar-refractivity contribution in [1.82, 2.24) is 9.88 Å². The highest BCUT2D eigenvalue weighted by molar-refractivity contribution is 5.95. The van der Waals surface area contributed by atoms with E-state index in [1.807, 2.05) is 22.8 Å².